The first kappa shape index (κ1) is 21.6. The lowest BCUT2D eigenvalue weighted by atomic mass is 10.2. The molecule has 0 saturated carbocycles. The minimum atomic E-state index is -2.54. The average Bonchev–Trinajstić information content (AvgIpc) is 2.68. The van der Waals surface area contributed by atoms with Gasteiger partial charge in [-0.3, -0.25) is 4.79 Å². The van der Waals surface area contributed by atoms with Crippen LogP contribution >= 0.6 is 15.9 Å². The highest BCUT2D eigenvalue weighted by molar-refractivity contribution is 9.10. The van der Waals surface area contributed by atoms with Crippen LogP contribution in [0.3, 0.4) is 0 Å². The molecule has 0 heterocycles. The van der Waals surface area contributed by atoms with Gasteiger partial charge in [0.05, 0.1) is 0 Å². The maximum absolute atomic E-state index is 12.2. The molecule has 9 heteroatoms. The van der Waals surface area contributed by atoms with Gasteiger partial charge in [0.25, 0.3) is 12.3 Å². The number of benzene rings is 2. The third-order valence-corrected chi connectivity index (χ3v) is 4.00. The molecule has 3 amide bonds. The molecule has 0 aliphatic rings. The van der Waals surface area contributed by atoms with E-state index in [-0.39, 0.29) is 25.5 Å². The number of amides is 3. The number of carbonyl (C=O) groups excluding carboxylic acids is 2. The summed E-state index contributed by atoms with van der Waals surface area (Å²) >= 11 is 3.30. The quantitative estimate of drug-likeness (QED) is 0.507. The molecule has 3 N–H and O–H groups in total. The topological polar surface area (TPSA) is 79.5 Å². The molecule has 0 aromatic heterocycles. The molecular formula is C19H20BrF2N3O3. The highest BCUT2D eigenvalue weighted by Gasteiger charge is 2.07. The normalized spacial score (nSPS) is 10.4. The zero-order chi connectivity index (χ0) is 20.4. The smallest absolute Gasteiger partial charge is 0.315 e. The van der Waals surface area contributed by atoms with E-state index in [9.17, 15) is 18.4 Å². The highest BCUT2D eigenvalue weighted by Crippen LogP contribution is 2.14. The first-order valence-electron chi connectivity index (χ1n) is 8.49. The van der Waals surface area contributed by atoms with Crippen LogP contribution in [0.1, 0.15) is 15.9 Å². The van der Waals surface area contributed by atoms with Crippen LogP contribution < -0.4 is 20.7 Å². The van der Waals surface area contributed by atoms with Crippen molar-refractivity contribution in [3.8, 4) is 5.75 Å². The zero-order valence-corrected chi connectivity index (χ0v) is 16.5. The van der Waals surface area contributed by atoms with Crippen molar-refractivity contribution in [2.24, 2.45) is 0 Å². The molecule has 0 spiro atoms. The molecule has 0 aliphatic carbocycles. The van der Waals surface area contributed by atoms with Crippen LogP contribution in [0.4, 0.5) is 13.6 Å². The van der Waals surface area contributed by atoms with Gasteiger partial charge in [0.15, 0.2) is 0 Å². The summed E-state index contributed by atoms with van der Waals surface area (Å²) < 4.78 is 30.1. The van der Waals surface area contributed by atoms with Crippen LogP contribution in [0, 0.1) is 0 Å². The summed E-state index contributed by atoms with van der Waals surface area (Å²) in [4.78, 5) is 23.8. The third kappa shape index (κ3) is 7.91. The Labute approximate surface area is 169 Å². The first-order chi connectivity index (χ1) is 13.4. The molecule has 28 heavy (non-hydrogen) atoms. The Morgan fingerprint density at radius 3 is 2.50 bits per heavy atom. The second kappa shape index (κ2) is 11.2. The fourth-order valence-electron chi connectivity index (χ4n) is 2.23. The SMILES string of the molecule is O=C(NCCNC(=O)c1cccc(Br)c1)NCc1cccc(OCC(F)F)c1. The molecule has 0 aliphatic heterocycles. The van der Waals surface area contributed by atoms with E-state index < -0.39 is 19.1 Å². The second-order valence-corrected chi connectivity index (χ2v) is 6.64. The molecule has 150 valence electrons. The van der Waals surface area contributed by atoms with Crippen LogP contribution in [0.25, 0.3) is 0 Å². The van der Waals surface area contributed by atoms with Gasteiger partial charge < -0.3 is 20.7 Å². The van der Waals surface area contributed by atoms with Gasteiger partial charge in [-0.15, -0.1) is 0 Å². The van der Waals surface area contributed by atoms with E-state index in [0.29, 0.717) is 16.9 Å². The Morgan fingerprint density at radius 1 is 1.00 bits per heavy atom. The molecule has 0 saturated heterocycles. The number of halogens is 3. The van der Waals surface area contributed by atoms with Gasteiger partial charge in [0, 0.05) is 29.7 Å². The minimum absolute atomic E-state index is 0.210. The zero-order valence-electron chi connectivity index (χ0n) is 14.9. The summed E-state index contributed by atoms with van der Waals surface area (Å²) in [6.07, 6.45) is -2.54. The summed E-state index contributed by atoms with van der Waals surface area (Å²) in [5.41, 5.74) is 1.23. The molecule has 0 unspecified atom stereocenters. The van der Waals surface area contributed by atoms with E-state index in [0.717, 1.165) is 4.47 Å². The van der Waals surface area contributed by atoms with Gasteiger partial charge in [-0.1, -0.05) is 34.1 Å². The number of rotatable bonds is 9. The van der Waals surface area contributed by atoms with Gasteiger partial charge in [-0.25, -0.2) is 13.6 Å². The Kier molecular flexibility index (Phi) is 8.67. The lowest BCUT2D eigenvalue weighted by Crippen LogP contribution is -2.40. The molecule has 0 radical (unpaired) electrons. The van der Waals surface area contributed by atoms with E-state index in [1.165, 1.54) is 0 Å². The number of alkyl halides is 2. The number of carbonyl (C=O) groups is 2. The van der Waals surface area contributed by atoms with E-state index in [4.69, 9.17) is 4.74 Å². The second-order valence-electron chi connectivity index (χ2n) is 5.73. The number of ether oxygens (including phenoxy) is 1. The van der Waals surface area contributed by atoms with Crippen molar-refractivity contribution < 1.29 is 23.1 Å². The third-order valence-electron chi connectivity index (χ3n) is 3.51. The minimum Gasteiger partial charge on any atom is -0.488 e. The molecule has 2 aromatic rings. The monoisotopic (exact) mass is 455 g/mol. The van der Waals surface area contributed by atoms with Gasteiger partial charge in [-0.2, -0.15) is 0 Å². The summed E-state index contributed by atoms with van der Waals surface area (Å²) in [7, 11) is 0. The largest absolute Gasteiger partial charge is 0.488 e. The van der Waals surface area contributed by atoms with Gasteiger partial charge in [0.1, 0.15) is 12.4 Å². The van der Waals surface area contributed by atoms with Crippen LogP contribution in [0.15, 0.2) is 53.0 Å². The van der Waals surface area contributed by atoms with Crippen molar-refractivity contribution >= 4 is 27.9 Å². The number of hydrogen-bond acceptors (Lipinski definition) is 3. The van der Waals surface area contributed by atoms with E-state index in [2.05, 4.69) is 31.9 Å². The average molecular weight is 456 g/mol. The van der Waals surface area contributed by atoms with E-state index in [1.807, 2.05) is 6.07 Å². The van der Waals surface area contributed by atoms with Crippen LogP contribution in [0.2, 0.25) is 0 Å². The number of urea groups is 1. The van der Waals surface area contributed by atoms with Crippen molar-refractivity contribution in [1.29, 1.82) is 0 Å². The lowest BCUT2D eigenvalue weighted by molar-refractivity contribution is 0.0818. The summed E-state index contributed by atoms with van der Waals surface area (Å²) in [6, 6.07) is 13.1. The summed E-state index contributed by atoms with van der Waals surface area (Å²) in [5, 5.41) is 7.97. The Balaban J connectivity index is 1.66. The first-order valence-corrected chi connectivity index (χ1v) is 9.28. The van der Waals surface area contributed by atoms with E-state index >= 15 is 0 Å². The maximum atomic E-state index is 12.2. The van der Waals surface area contributed by atoms with Gasteiger partial charge in [0.2, 0.25) is 0 Å². The number of nitrogens with one attached hydrogen (secondary N) is 3. The van der Waals surface area contributed by atoms with Crippen LogP contribution in [-0.2, 0) is 6.54 Å². The lowest BCUT2D eigenvalue weighted by Gasteiger charge is -2.10. The Hall–Kier alpha value is -2.68. The molecular weight excluding hydrogens is 436 g/mol. The van der Waals surface area contributed by atoms with Crippen molar-refractivity contribution in [3.63, 3.8) is 0 Å². The maximum Gasteiger partial charge on any atom is 0.315 e. The molecule has 6 nitrogen and oxygen atoms in total. The van der Waals surface area contributed by atoms with Crippen molar-refractivity contribution in [2.45, 2.75) is 13.0 Å². The summed E-state index contributed by atoms with van der Waals surface area (Å²) in [6.45, 7) is 0.0595. The molecule has 0 atom stereocenters. The molecule has 2 aromatic carbocycles. The van der Waals surface area contributed by atoms with Crippen molar-refractivity contribution in [1.82, 2.24) is 16.0 Å². The fourth-order valence-corrected chi connectivity index (χ4v) is 2.63. The predicted octanol–water partition coefficient (Wildman–Crippen LogP) is 3.32. The van der Waals surface area contributed by atoms with Gasteiger partial charge >= 0.3 is 6.03 Å². The Bertz CT molecular complexity index is 805. The highest BCUT2D eigenvalue weighted by atomic mass is 79.9. The standard InChI is InChI=1S/C19H20BrF2N3O3/c20-15-5-2-4-14(10-15)18(26)23-7-8-24-19(27)25-11-13-3-1-6-16(9-13)28-12-17(21)22/h1-6,9-10,17H,7-8,11-12H2,(H,23,26)(H2,24,25,27). The van der Waals surface area contributed by atoms with E-state index in [1.54, 1.807) is 42.5 Å². The van der Waals surface area contributed by atoms with Crippen molar-refractivity contribution in [3.05, 3.63) is 64.1 Å². The molecule has 2 rings (SSSR count). The Morgan fingerprint density at radius 2 is 1.75 bits per heavy atom. The molecule has 0 fully saturated rings. The predicted molar refractivity (Wildman–Crippen MR) is 105 cm³/mol. The molecule has 0 bridgehead atoms. The van der Waals surface area contributed by atoms with Crippen LogP contribution in [0.5, 0.6) is 5.75 Å². The number of hydrogen-bond donors (Lipinski definition) is 3. The van der Waals surface area contributed by atoms with Crippen LogP contribution in [-0.4, -0.2) is 38.1 Å². The van der Waals surface area contributed by atoms with Gasteiger partial charge in [-0.05, 0) is 35.9 Å². The fraction of sp³-hybridized carbons (Fsp3) is 0.263. The summed E-state index contributed by atoms with van der Waals surface area (Å²) in [5.74, 6) is 0.0828. The van der Waals surface area contributed by atoms with Crippen molar-refractivity contribution in [2.75, 3.05) is 19.7 Å².